The van der Waals surface area contributed by atoms with Gasteiger partial charge >= 0.3 is 0 Å². The molecule has 0 atom stereocenters. The highest BCUT2D eigenvalue weighted by Crippen LogP contribution is 2.39. The zero-order valence-corrected chi connectivity index (χ0v) is 15.3. The molecule has 0 N–H and O–H groups in total. The Hall–Kier alpha value is -1.79. The minimum Gasteiger partial charge on any atom is -0.492 e. The van der Waals surface area contributed by atoms with E-state index in [0.717, 1.165) is 11.8 Å². The average molecular weight is 352 g/mol. The van der Waals surface area contributed by atoms with Gasteiger partial charge in [0.1, 0.15) is 17.2 Å². The third-order valence-corrected chi connectivity index (χ3v) is 4.45. The molecule has 0 spiro atoms. The summed E-state index contributed by atoms with van der Waals surface area (Å²) in [5.74, 6) is 1.99. The Morgan fingerprint density at radius 1 is 1.00 bits per heavy atom. The molecule has 0 aromatic heterocycles. The third-order valence-electron chi connectivity index (χ3n) is 4.45. The second-order valence-corrected chi connectivity index (χ2v) is 6.28. The lowest BCUT2D eigenvalue weighted by Gasteiger charge is -2.24. The van der Waals surface area contributed by atoms with Crippen LogP contribution in [0.3, 0.4) is 0 Å². The lowest BCUT2D eigenvalue weighted by atomic mass is 9.90. The third kappa shape index (κ3) is 5.34. The molecule has 25 heavy (non-hydrogen) atoms. The maximum absolute atomic E-state index is 11.7. The molecule has 6 nitrogen and oxygen atoms in total. The first-order valence-corrected chi connectivity index (χ1v) is 8.70. The first-order chi connectivity index (χ1) is 12.2. The van der Waals surface area contributed by atoms with Gasteiger partial charge in [-0.15, -0.1) is 0 Å². The summed E-state index contributed by atoms with van der Waals surface area (Å²) in [6.07, 6.45) is 6.88. The van der Waals surface area contributed by atoms with Crippen LogP contribution in [0.2, 0.25) is 0 Å². The molecule has 0 aliphatic heterocycles. The van der Waals surface area contributed by atoms with E-state index in [1.165, 1.54) is 39.2 Å². The molecule has 1 aliphatic carbocycles. The van der Waals surface area contributed by atoms with Gasteiger partial charge in [0.25, 0.3) is 0 Å². The first-order valence-electron chi connectivity index (χ1n) is 8.70. The molecule has 1 fully saturated rings. The second-order valence-electron chi connectivity index (χ2n) is 6.28. The van der Waals surface area contributed by atoms with Crippen LogP contribution in [0, 0.1) is 12.8 Å². The Kier molecular flexibility index (Phi) is 8.01. The van der Waals surface area contributed by atoms with Crippen molar-refractivity contribution >= 4 is 6.29 Å². The minimum atomic E-state index is 0.0374. The number of hydrogen-bond acceptors (Lipinski definition) is 6. The van der Waals surface area contributed by atoms with Crippen LogP contribution in [0.25, 0.3) is 0 Å². The summed E-state index contributed by atoms with van der Waals surface area (Å²) in [6.45, 7) is 2.61. The summed E-state index contributed by atoms with van der Waals surface area (Å²) in [7, 11) is 3.08. The predicted octanol–water partition coefficient (Wildman–Crippen LogP) is 3.73. The molecule has 1 saturated carbocycles. The Balaban J connectivity index is 2.26. The number of carbonyl (C=O) groups excluding carboxylic acids is 1. The Morgan fingerprint density at radius 3 is 2.24 bits per heavy atom. The molecule has 0 radical (unpaired) electrons. The van der Waals surface area contributed by atoms with E-state index in [-0.39, 0.29) is 13.6 Å². The minimum absolute atomic E-state index is 0.0374. The van der Waals surface area contributed by atoms with E-state index in [1.807, 2.05) is 6.92 Å². The summed E-state index contributed by atoms with van der Waals surface area (Å²) in [6, 6.07) is 1.67. The Bertz CT molecular complexity index is 551. The number of ether oxygens (including phenoxy) is 5. The summed E-state index contributed by atoms with van der Waals surface area (Å²) in [5, 5.41) is 0. The quantitative estimate of drug-likeness (QED) is 0.472. The molecule has 0 unspecified atom stereocenters. The highest BCUT2D eigenvalue weighted by Gasteiger charge is 2.21. The maximum atomic E-state index is 11.7. The van der Waals surface area contributed by atoms with Crippen LogP contribution in [0.15, 0.2) is 6.07 Å². The van der Waals surface area contributed by atoms with Gasteiger partial charge in [-0.3, -0.25) is 4.79 Å². The molecule has 1 aromatic carbocycles. The Morgan fingerprint density at radius 2 is 1.64 bits per heavy atom. The first kappa shape index (κ1) is 19.5. The summed E-state index contributed by atoms with van der Waals surface area (Å²) < 4.78 is 27.1. The van der Waals surface area contributed by atoms with Crippen LogP contribution in [-0.2, 0) is 9.47 Å². The van der Waals surface area contributed by atoms with E-state index >= 15 is 0 Å². The van der Waals surface area contributed by atoms with Crippen molar-refractivity contribution in [1.29, 1.82) is 0 Å². The number of carbonyl (C=O) groups is 1. The summed E-state index contributed by atoms with van der Waals surface area (Å²) >= 11 is 0. The molecular weight excluding hydrogens is 324 g/mol. The van der Waals surface area contributed by atoms with Crippen molar-refractivity contribution in [3.05, 3.63) is 17.2 Å². The fourth-order valence-electron chi connectivity index (χ4n) is 3.10. The number of methoxy groups -OCH3 is 2. The fraction of sp³-hybridized carbons (Fsp3) is 0.632. The van der Waals surface area contributed by atoms with Crippen LogP contribution in [-0.4, -0.2) is 40.7 Å². The van der Waals surface area contributed by atoms with Crippen LogP contribution < -0.4 is 14.2 Å². The van der Waals surface area contributed by atoms with Crippen molar-refractivity contribution in [3.8, 4) is 17.2 Å². The van der Waals surface area contributed by atoms with Crippen molar-refractivity contribution in [1.82, 2.24) is 0 Å². The predicted molar refractivity (Wildman–Crippen MR) is 93.6 cm³/mol. The molecule has 6 heteroatoms. The van der Waals surface area contributed by atoms with Gasteiger partial charge in [0.05, 0.1) is 12.2 Å². The standard InChI is InChI=1S/C19H28O6/c1-14-17(24-12-21-2)9-18(25-13-22-3)16(10-20)19(14)23-11-15-7-5-4-6-8-15/h9-10,15H,4-8,11-13H2,1-3H3. The van der Waals surface area contributed by atoms with Gasteiger partial charge in [-0.05, 0) is 25.7 Å². The van der Waals surface area contributed by atoms with Crippen molar-refractivity contribution < 1.29 is 28.5 Å². The van der Waals surface area contributed by atoms with Gasteiger partial charge in [-0.25, -0.2) is 0 Å². The molecule has 0 saturated heterocycles. The normalized spacial score (nSPS) is 15.0. The lowest BCUT2D eigenvalue weighted by molar-refractivity contribution is 0.0448. The van der Waals surface area contributed by atoms with E-state index in [4.69, 9.17) is 23.7 Å². The molecule has 1 aromatic rings. The van der Waals surface area contributed by atoms with E-state index in [0.29, 0.717) is 35.3 Å². The molecule has 0 heterocycles. The van der Waals surface area contributed by atoms with Crippen molar-refractivity contribution in [2.24, 2.45) is 5.92 Å². The second kappa shape index (κ2) is 10.3. The fourth-order valence-corrected chi connectivity index (χ4v) is 3.10. The summed E-state index contributed by atoms with van der Waals surface area (Å²) in [4.78, 5) is 11.7. The van der Waals surface area contributed by atoms with E-state index < -0.39 is 0 Å². The van der Waals surface area contributed by atoms with Crippen molar-refractivity contribution in [2.75, 3.05) is 34.4 Å². The molecular formula is C19H28O6. The zero-order valence-electron chi connectivity index (χ0n) is 15.3. The van der Waals surface area contributed by atoms with E-state index in [1.54, 1.807) is 13.2 Å². The van der Waals surface area contributed by atoms with Crippen LogP contribution in [0.4, 0.5) is 0 Å². The van der Waals surface area contributed by atoms with Gasteiger partial charge in [-0.2, -0.15) is 0 Å². The van der Waals surface area contributed by atoms with Crippen LogP contribution in [0.1, 0.15) is 48.0 Å². The monoisotopic (exact) mass is 352 g/mol. The van der Waals surface area contributed by atoms with Crippen LogP contribution in [0.5, 0.6) is 17.2 Å². The van der Waals surface area contributed by atoms with Gasteiger partial charge < -0.3 is 23.7 Å². The maximum Gasteiger partial charge on any atom is 0.188 e. The smallest absolute Gasteiger partial charge is 0.188 e. The molecule has 0 bridgehead atoms. The number of aldehydes is 1. The van der Waals surface area contributed by atoms with Crippen LogP contribution >= 0.6 is 0 Å². The average Bonchev–Trinajstić information content (AvgIpc) is 2.65. The van der Waals surface area contributed by atoms with Crippen molar-refractivity contribution in [2.45, 2.75) is 39.0 Å². The highest BCUT2D eigenvalue weighted by molar-refractivity contribution is 5.85. The number of hydrogen-bond donors (Lipinski definition) is 0. The van der Waals surface area contributed by atoms with Crippen molar-refractivity contribution in [3.63, 3.8) is 0 Å². The lowest BCUT2D eigenvalue weighted by Crippen LogP contribution is -2.17. The molecule has 0 amide bonds. The molecule has 140 valence electrons. The zero-order chi connectivity index (χ0) is 18.1. The van der Waals surface area contributed by atoms with Gasteiger partial charge in [0.15, 0.2) is 19.9 Å². The van der Waals surface area contributed by atoms with Gasteiger partial charge in [0, 0.05) is 25.8 Å². The molecule has 2 rings (SSSR count). The largest absolute Gasteiger partial charge is 0.492 e. The number of benzene rings is 1. The molecule has 1 aliphatic rings. The van der Waals surface area contributed by atoms with Gasteiger partial charge in [-0.1, -0.05) is 19.3 Å². The van der Waals surface area contributed by atoms with Gasteiger partial charge in [0.2, 0.25) is 0 Å². The summed E-state index contributed by atoms with van der Waals surface area (Å²) in [5.41, 5.74) is 1.15. The topological polar surface area (TPSA) is 63.2 Å². The SMILES string of the molecule is COCOc1cc(OCOC)c(C=O)c(OCC2CCCCC2)c1C. The van der Waals surface area contributed by atoms with E-state index in [2.05, 4.69) is 0 Å². The highest BCUT2D eigenvalue weighted by atomic mass is 16.7. The van der Waals surface area contributed by atoms with E-state index in [9.17, 15) is 4.79 Å². The number of rotatable bonds is 10. The Labute approximate surface area is 149 Å².